The zero-order chi connectivity index (χ0) is 15.5. The molecule has 21 heavy (non-hydrogen) atoms. The van der Waals surface area contributed by atoms with Gasteiger partial charge in [-0.1, -0.05) is 19.1 Å². The molecule has 1 heterocycles. The van der Waals surface area contributed by atoms with Crippen LogP contribution >= 0.6 is 0 Å². The minimum absolute atomic E-state index is 0.0441. The highest BCUT2D eigenvalue weighted by molar-refractivity contribution is 7.91. The topological polar surface area (TPSA) is 64.6 Å². The van der Waals surface area contributed by atoms with Gasteiger partial charge in [0.2, 0.25) is 0 Å². The van der Waals surface area contributed by atoms with Crippen LogP contribution in [0.15, 0.2) is 18.2 Å². The number of rotatable bonds is 6. The van der Waals surface area contributed by atoms with Gasteiger partial charge >= 0.3 is 0 Å². The van der Waals surface area contributed by atoms with Gasteiger partial charge in [0.15, 0.2) is 21.3 Å². The van der Waals surface area contributed by atoms with E-state index < -0.39 is 9.84 Å². The number of para-hydroxylation sites is 1. The standard InChI is InChI=1S/C15H23NO4S/c1-4-16-14(11-8-9-21(17,18)10-11)12-6-5-7-13(19-2)15(12)20-3/h5-7,11,14,16H,4,8-10H2,1-3H3. The first-order chi connectivity index (χ1) is 10.0. The second kappa shape index (κ2) is 6.66. The number of nitrogens with one attached hydrogen (secondary N) is 1. The summed E-state index contributed by atoms with van der Waals surface area (Å²) in [5.41, 5.74) is 0.959. The second-order valence-corrected chi connectivity index (χ2v) is 7.51. The fraction of sp³-hybridized carbons (Fsp3) is 0.600. The Morgan fingerprint density at radius 3 is 2.62 bits per heavy atom. The number of methoxy groups -OCH3 is 2. The second-order valence-electron chi connectivity index (χ2n) is 5.28. The van der Waals surface area contributed by atoms with Gasteiger partial charge in [-0.3, -0.25) is 0 Å². The molecule has 0 radical (unpaired) electrons. The molecule has 0 spiro atoms. The largest absolute Gasteiger partial charge is 0.493 e. The summed E-state index contributed by atoms with van der Waals surface area (Å²) in [6.07, 6.45) is 0.681. The van der Waals surface area contributed by atoms with Crippen molar-refractivity contribution in [3.8, 4) is 11.5 Å². The zero-order valence-corrected chi connectivity index (χ0v) is 13.6. The molecule has 1 aromatic carbocycles. The van der Waals surface area contributed by atoms with Gasteiger partial charge in [0, 0.05) is 11.6 Å². The van der Waals surface area contributed by atoms with E-state index in [1.165, 1.54) is 0 Å². The predicted molar refractivity (Wildman–Crippen MR) is 82.7 cm³/mol. The lowest BCUT2D eigenvalue weighted by atomic mass is 9.91. The third-order valence-electron chi connectivity index (χ3n) is 3.93. The normalized spacial score (nSPS) is 22.0. The van der Waals surface area contributed by atoms with Crippen molar-refractivity contribution in [2.75, 3.05) is 32.3 Å². The molecular weight excluding hydrogens is 290 g/mol. The molecule has 2 unspecified atom stereocenters. The van der Waals surface area contributed by atoms with Crippen LogP contribution in [0.5, 0.6) is 11.5 Å². The Morgan fingerprint density at radius 2 is 2.10 bits per heavy atom. The Kier molecular flexibility index (Phi) is 5.11. The molecule has 0 aromatic heterocycles. The highest BCUT2D eigenvalue weighted by Gasteiger charge is 2.35. The monoisotopic (exact) mass is 313 g/mol. The SMILES string of the molecule is CCNC(c1cccc(OC)c1OC)C1CCS(=O)(=O)C1. The molecule has 1 saturated heterocycles. The Hall–Kier alpha value is -1.27. The predicted octanol–water partition coefficient (Wildman–Crippen LogP) is 1.79. The number of sulfone groups is 1. The molecule has 2 rings (SSSR count). The van der Waals surface area contributed by atoms with Crippen LogP contribution in [0, 0.1) is 5.92 Å². The van der Waals surface area contributed by atoms with Crippen molar-refractivity contribution in [3.63, 3.8) is 0 Å². The van der Waals surface area contributed by atoms with Gasteiger partial charge in [-0.05, 0) is 24.9 Å². The fourth-order valence-corrected chi connectivity index (χ4v) is 4.83. The van der Waals surface area contributed by atoms with Gasteiger partial charge in [0.05, 0.1) is 25.7 Å². The average molecular weight is 313 g/mol. The number of hydrogen-bond donors (Lipinski definition) is 1. The molecule has 2 atom stereocenters. The van der Waals surface area contributed by atoms with Crippen molar-refractivity contribution < 1.29 is 17.9 Å². The van der Waals surface area contributed by atoms with Crippen LogP contribution in [0.25, 0.3) is 0 Å². The first kappa shape index (κ1) is 16.1. The van der Waals surface area contributed by atoms with Gasteiger partial charge < -0.3 is 14.8 Å². The summed E-state index contributed by atoms with van der Waals surface area (Å²) in [5.74, 6) is 1.90. The van der Waals surface area contributed by atoms with Crippen molar-refractivity contribution in [1.82, 2.24) is 5.32 Å². The van der Waals surface area contributed by atoms with E-state index in [0.717, 1.165) is 12.1 Å². The van der Waals surface area contributed by atoms with Gasteiger partial charge in [0.1, 0.15) is 0 Å². The van der Waals surface area contributed by atoms with E-state index in [9.17, 15) is 8.42 Å². The van der Waals surface area contributed by atoms with Crippen molar-refractivity contribution in [1.29, 1.82) is 0 Å². The maximum Gasteiger partial charge on any atom is 0.165 e. The van der Waals surface area contributed by atoms with Gasteiger partial charge in [-0.25, -0.2) is 8.42 Å². The molecule has 0 saturated carbocycles. The van der Waals surface area contributed by atoms with Gasteiger partial charge in [0.25, 0.3) is 0 Å². The molecule has 1 aliphatic heterocycles. The summed E-state index contributed by atoms with van der Waals surface area (Å²) in [7, 11) is 0.294. The van der Waals surface area contributed by atoms with Gasteiger partial charge in [-0.15, -0.1) is 0 Å². The van der Waals surface area contributed by atoms with E-state index in [1.807, 2.05) is 25.1 Å². The quantitative estimate of drug-likeness (QED) is 0.867. The number of hydrogen-bond acceptors (Lipinski definition) is 5. The molecule has 0 bridgehead atoms. The van der Waals surface area contributed by atoms with Crippen molar-refractivity contribution in [2.45, 2.75) is 19.4 Å². The Labute approximate surface area is 126 Å². The summed E-state index contributed by atoms with van der Waals surface area (Å²) in [6.45, 7) is 2.78. The van der Waals surface area contributed by atoms with E-state index in [2.05, 4.69) is 5.32 Å². The Bertz CT molecular complexity index is 585. The van der Waals surface area contributed by atoms with Gasteiger partial charge in [-0.2, -0.15) is 0 Å². The molecule has 5 nitrogen and oxygen atoms in total. The molecule has 1 aliphatic rings. The van der Waals surface area contributed by atoms with E-state index in [-0.39, 0.29) is 23.5 Å². The first-order valence-electron chi connectivity index (χ1n) is 7.17. The van der Waals surface area contributed by atoms with E-state index >= 15 is 0 Å². The lowest BCUT2D eigenvalue weighted by Crippen LogP contribution is -2.29. The van der Waals surface area contributed by atoms with Crippen LogP contribution in [0.3, 0.4) is 0 Å². The summed E-state index contributed by atoms with van der Waals surface area (Å²) < 4.78 is 34.4. The van der Waals surface area contributed by atoms with Crippen LogP contribution in [0.2, 0.25) is 0 Å². The van der Waals surface area contributed by atoms with E-state index in [0.29, 0.717) is 17.9 Å². The summed E-state index contributed by atoms with van der Waals surface area (Å²) >= 11 is 0. The number of benzene rings is 1. The fourth-order valence-electron chi connectivity index (χ4n) is 2.99. The molecule has 118 valence electrons. The summed E-state index contributed by atoms with van der Waals surface area (Å²) in [5, 5.41) is 3.40. The lowest BCUT2D eigenvalue weighted by molar-refractivity contribution is 0.334. The minimum Gasteiger partial charge on any atom is -0.493 e. The highest BCUT2D eigenvalue weighted by atomic mass is 32.2. The van der Waals surface area contributed by atoms with Crippen LogP contribution in [0.1, 0.15) is 24.9 Å². The zero-order valence-electron chi connectivity index (χ0n) is 12.8. The first-order valence-corrected chi connectivity index (χ1v) is 8.99. The van der Waals surface area contributed by atoms with Crippen LogP contribution in [-0.4, -0.2) is 40.7 Å². The molecular formula is C15H23NO4S. The molecule has 0 amide bonds. The lowest BCUT2D eigenvalue weighted by Gasteiger charge is -2.26. The van der Waals surface area contributed by atoms with E-state index in [1.54, 1.807) is 14.2 Å². The van der Waals surface area contributed by atoms with Crippen LogP contribution < -0.4 is 14.8 Å². The van der Waals surface area contributed by atoms with Crippen molar-refractivity contribution in [3.05, 3.63) is 23.8 Å². The number of ether oxygens (including phenoxy) is 2. The average Bonchev–Trinajstić information content (AvgIpc) is 2.83. The third-order valence-corrected chi connectivity index (χ3v) is 5.73. The maximum atomic E-state index is 11.8. The van der Waals surface area contributed by atoms with Crippen molar-refractivity contribution in [2.24, 2.45) is 5.92 Å². The van der Waals surface area contributed by atoms with Crippen LogP contribution in [0.4, 0.5) is 0 Å². The highest BCUT2D eigenvalue weighted by Crippen LogP contribution is 2.40. The minimum atomic E-state index is -2.91. The molecule has 6 heteroatoms. The maximum absolute atomic E-state index is 11.8. The third kappa shape index (κ3) is 3.49. The smallest absolute Gasteiger partial charge is 0.165 e. The molecule has 1 fully saturated rings. The summed E-state index contributed by atoms with van der Waals surface area (Å²) in [6, 6.07) is 5.68. The Balaban J connectivity index is 2.39. The molecule has 1 aromatic rings. The Morgan fingerprint density at radius 1 is 1.33 bits per heavy atom. The van der Waals surface area contributed by atoms with Crippen LogP contribution in [-0.2, 0) is 9.84 Å². The van der Waals surface area contributed by atoms with E-state index in [4.69, 9.17) is 9.47 Å². The summed E-state index contributed by atoms with van der Waals surface area (Å²) in [4.78, 5) is 0. The molecule has 1 N–H and O–H groups in total. The van der Waals surface area contributed by atoms with Crippen molar-refractivity contribution >= 4 is 9.84 Å². The molecule has 0 aliphatic carbocycles.